The Kier molecular flexibility index (Phi) is 6.98. The molecule has 0 spiro atoms. The van der Waals surface area contributed by atoms with Crippen LogP contribution in [0.3, 0.4) is 0 Å². The highest BCUT2D eigenvalue weighted by Crippen LogP contribution is 2.31. The van der Waals surface area contributed by atoms with E-state index in [-0.39, 0.29) is 11.9 Å². The fourth-order valence-electron chi connectivity index (χ4n) is 4.81. The number of likely N-dealkylation sites (N-methyl/N-ethyl adjacent to an activating group) is 1. The van der Waals surface area contributed by atoms with Crippen LogP contribution >= 0.6 is 11.3 Å². The Hall–Kier alpha value is -3.34. The number of fused-ring (bicyclic) bond motifs is 1. The Morgan fingerprint density at radius 2 is 2.00 bits per heavy atom. The van der Waals surface area contributed by atoms with Gasteiger partial charge >= 0.3 is 0 Å². The van der Waals surface area contributed by atoms with Gasteiger partial charge in [-0.2, -0.15) is 5.10 Å². The number of β-amino-alcohol motifs (C(OH)–C–C–N with tert-alkyl or cyclic N) is 1. The minimum Gasteiger partial charge on any atom is -0.386 e. The quantitative estimate of drug-likeness (QED) is 0.349. The predicted molar refractivity (Wildman–Crippen MR) is 147 cm³/mol. The smallest absolute Gasteiger partial charge is 0.251 e. The van der Waals surface area contributed by atoms with E-state index < -0.39 is 5.60 Å². The van der Waals surface area contributed by atoms with Crippen molar-refractivity contribution >= 4 is 28.7 Å². The SMILES string of the molecule is CCN(CC)[C@@H](C)CNC(=O)c1cc(-c2cnn3ccc(-c4cccs4)nc23)nc(N2CC(C)(O)C2)c1. The molecule has 0 aromatic carbocycles. The van der Waals surface area contributed by atoms with Crippen LogP contribution in [0, 0.1) is 0 Å². The second-order valence-corrected chi connectivity index (χ2v) is 10.8. The van der Waals surface area contributed by atoms with Crippen LogP contribution in [-0.4, -0.2) is 79.9 Å². The molecule has 0 bridgehead atoms. The molecule has 0 radical (unpaired) electrons. The molecule has 1 fully saturated rings. The van der Waals surface area contributed by atoms with Crippen molar-refractivity contribution in [1.29, 1.82) is 0 Å². The van der Waals surface area contributed by atoms with Crippen molar-refractivity contribution in [3.05, 3.63) is 53.7 Å². The van der Waals surface area contributed by atoms with Gasteiger partial charge in [-0.3, -0.25) is 9.69 Å². The summed E-state index contributed by atoms with van der Waals surface area (Å²) in [5.41, 5.74) is 2.66. The van der Waals surface area contributed by atoms with Crippen LogP contribution in [-0.2, 0) is 0 Å². The van der Waals surface area contributed by atoms with Gasteiger partial charge in [0.1, 0.15) is 5.82 Å². The molecule has 1 aliphatic rings. The summed E-state index contributed by atoms with van der Waals surface area (Å²) in [6.45, 7) is 11.5. The van der Waals surface area contributed by atoms with Gasteiger partial charge in [-0.15, -0.1) is 11.3 Å². The van der Waals surface area contributed by atoms with Crippen molar-refractivity contribution < 1.29 is 9.90 Å². The van der Waals surface area contributed by atoms with Gasteiger partial charge in [0.2, 0.25) is 0 Å². The zero-order chi connectivity index (χ0) is 26.2. The van der Waals surface area contributed by atoms with E-state index in [0.29, 0.717) is 42.4 Å². The monoisotopic (exact) mass is 519 g/mol. The fourth-order valence-corrected chi connectivity index (χ4v) is 5.51. The Bertz CT molecular complexity index is 1390. The first-order valence-electron chi connectivity index (χ1n) is 12.7. The molecule has 1 amide bonds. The van der Waals surface area contributed by atoms with Crippen LogP contribution in [0.25, 0.3) is 27.5 Å². The fraction of sp³-hybridized carbons (Fsp3) is 0.407. The minimum absolute atomic E-state index is 0.153. The number of anilines is 1. The molecule has 4 aromatic heterocycles. The third kappa shape index (κ3) is 5.22. The summed E-state index contributed by atoms with van der Waals surface area (Å²) in [5.74, 6) is 0.500. The van der Waals surface area contributed by atoms with Crippen molar-refractivity contribution in [3.8, 4) is 21.8 Å². The Labute approximate surface area is 220 Å². The van der Waals surface area contributed by atoms with Crippen molar-refractivity contribution in [3.63, 3.8) is 0 Å². The molecule has 194 valence electrons. The normalized spacial score (nSPS) is 15.7. The van der Waals surface area contributed by atoms with Gasteiger partial charge in [-0.1, -0.05) is 19.9 Å². The summed E-state index contributed by atoms with van der Waals surface area (Å²) >= 11 is 1.63. The van der Waals surface area contributed by atoms with Gasteiger partial charge in [0.15, 0.2) is 5.65 Å². The zero-order valence-corrected chi connectivity index (χ0v) is 22.5. The zero-order valence-electron chi connectivity index (χ0n) is 21.7. The summed E-state index contributed by atoms with van der Waals surface area (Å²) in [4.78, 5) is 28.4. The third-order valence-corrected chi connectivity index (χ3v) is 7.77. The predicted octanol–water partition coefficient (Wildman–Crippen LogP) is 3.55. The van der Waals surface area contributed by atoms with Crippen molar-refractivity contribution in [1.82, 2.24) is 29.8 Å². The van der Waals surface area contributed by atoms with Crippen LogP contribution in [0.1, 0.15) is 38.1 Å². The maximum atomic E-state index is 13.3. The summed E-state index contributed by atoms with van der Waals surface area (Å²) in [5, 5.41) is 19.9. The summed E-state index contributed by atoms with van der Waals surface area (Å²) in [6.07, 6.45) is 3.63. The highest BCUT2D eigenvalue weighted by atomic mass is 32.1. The molecule has 5 heterocycles. The lowest BCUT2D eigenvalue weighted by molar-refractivity contribution is 0.0305. The van der Waals surface area contributed by atoms with E-state index in [1.807, 2.05) is 34.7 Å². The number of nitrogens with one attached hydrogen (secondary N) is 1. The van der Waals surface area contributed by atoms with Crippen LogP contribution in [0.5, 0.6) is 0 Å². The van der Waals surface area contributed by atoms with Gasteiger partial charge in [0, 0.05) is 37.4 Å². The number of thiophene rings is 1. The van der Waals surface area contributed by atoms with Crippen LogP contribution in [0.4, 0.5) is 5.82 Å². The van der Waals surface area contributed by atoms with Crippen molar-refractivity contribution in [2.75, 3.05) is 37.6 Å². The number of hydrogen-bond donors (Lipinski definition) is 2. The van der Waals surface area contributed by atoms with E-state index in [9.17, 15) is 9.90 Å². The van der Waals surface area contributed by atoms with E-state index in [0.717, 1.165) is 29.2 Å². The van der Waals surface area contributed by atoms with E-state index in [4.69, 9.17) is 9.97 Å². The Morgan fingerprint density at radius 3 is 2.68 bits per heavy atom. The average molecular weight is 520 g/mol. The number of hydrogen-bond acceptors (Lipinski definition) is 8. The molecule has 5 rings (SSSR count). The molecular formula is C27H33N7O2S. The number of aromatic nitrogens is 4. The molecular weight excluding hydrogens is 486 g/mol. The highest BCUT2D eigenvalue weighted by molar-refractivity contribution is 7.13. The molecule has 0 unspecified atom stereocenters. The lowest BCUT2D eigenvalue weighted by Crippen LogP contribution is -2.60. The van der Waals surface area contributed by atoms with Gasteiger partial charge in [0.05, 0.1) is 33.6 Å². The highest BCUT2D eigenvalue weighted by Gasteiger charge is 2.37. The molecule has 1 saturated heterocycles. The van der Waals surface area contributed by atoms with E-state index in [1.165, 1.54) is 0 Å². The molecule has 4 aromatic rings. The first-order valence-corrected chi connectivity index (χ1v) is 13.6. The standard InChI is InChI=1S/C27H33N7O2S/c1-5-32(6-2)18(3)14-28-26(35)19-12-22(30-24(13-19)33-16-27(4,36)17-33)20-15-29-34-10-9-21(31-25(20)34)23-8-7-11-37-23/h7-13,15,18,36H,5-6,14,16-17H2,1-4H3,(H,28,35)/t18-/m0/s1. The average Bonchev–Trinajstić information content (AvgIpc) is 3.56. The number of rotatable bonds is 9. The molecule has 0 aliphatic carbocycles. The number of carbonyl (C=O) groups excluding carboxylic acids is 1. The summed E-state index contributed by atoms with van der Waals surface area (Å²) in [7, 11) is 0. The second-order valence-electron chi connectivity index (χ2n) is 9.85. The maximum Gasteiger partial charge on any atom is 0.251 e. The molecule has 9 nitrogen and oxygen atoms in total. The maximum absolute atomic E-state index is 13.3. The van der Waals surface area contributed by atoms with Crippen LogP contribution in [0.15, 0.2) is 48.1 Å². The molecule has 10 heteroatoms. The number of carbonyl (C=O) groups is 1. The number of pyridine rings is 1. The van der Waals surface area contributed by atoms with Gasteiger partial charge in [-0.05, 0) is 56.6 Å². The van der Waals surface area contributed by atoms with Crippen LogP contribution < -0.4 is 10.2 Å². The van der Waals surface area contributed by atoms with Crippen molar-refractivity contribution in [2.45, 2.75) is 39.3 Å². The summed E-state index contributed by atoms with van der Waals surface area (Å²) in [6, 6.07) is 9.81. The van der Waals surface area contributed by atoms with E-state index in [1.54, 1.807) is 41.1 Å². The van der Waals surface area contributed by atoms with E-state index >= 15 is 0 Å². The molecule has 1 atom stereocenters. The lowest BCUT2D eigenvalue weighted by atomic mass is 9.96. The van der Waals surface area contributed by atoms with Gasteiger partial charge in [-0.25, -0.2) is 14.5 Å². The van der Waals surface area contributed by atoms with Crippen molar-refractivity contribution in [2.24, 2.45) is 0 Å². The Morgan fingerprint density at radius 1 is 1.22 bits per heavy atom. The number of aliphatic hydroxyl groups is 1. The van der Waals surface area contributed by atoms with E-state index in [2.05, 4.69) is 36.1 Å². The van der Waals surface area contributed by atoms with Crippen LogP contribution in [0.2, 0.25) is 0 Å². The third-order valence-electron chi connectivity index (χ3n) is 6.87. The first kappa shape index (κ1) is 25.3. The minimum atomic E-state index is -0.763. The molecule has 1 aliphatic heterocycles. The number of nitrogens with zero attached hydrogens (tertiary/aromatic N) is 6. The second kappa shape index (κ2) is 10.2. The lowest BCUT2D eigenvalue weighted by Gasteiger charge is -2.45. The van der Waals surface area contributed by atoms with Gasteiger partial charge in [0.25, 0.3) is 5.91 Å². The van der Waals surface area contributed by atoms with Gasteiger partial charge < -0.3 is 15.3 Å². The molecule has 2 N–H and O–H groups in total. The molecule has 37 heavy (non-hydrogen) atoms. The topological polar surface area (TPSA) is 98.9 Å². The Balaban J connectivity index is 1.50. The largest absolute Gasteiger partial charge is 0.386 e. The molecule has 0 saturated carbocycles. The first-order chi connectivity index (χ1) is 17.8. The summed E-state index contributed by atoms with van der Waals surface area (Å²) < 4.78 is 1.72. The number of amides is 1.